The highest BCUT2D eigenvalue weighted by Crippen LogP contribution is 2.30. The van der Waals surface area contributed by atoms with Crippen LogP contribution in [0.15, 0.2) is 42.6 Å². The van der Waals surface area contributed by atoms with Gasteiger partial charge in [-0.3, -0.25) is 4.79 Å². The molecule has 0 saturated carbocycles. The number of anilines is 1. The SMILES string of the molecule is CCc1ccc(Cl)c(CC)c1NC(=O)c1cnn(-c2cccc(C)c2)c1C. The summed E-state index contributed by atoms with van der Waals surface area (Å²) >= 11 is 6.35. The predicted molar refractivity (Wildman–Crippen MR) is 111 cm³/mol. The van der Waals surface area contributed by atoms with Crippen molar-refractivity contribution in [2.24, 2.45) is 0 Å². The predicted octanol–water partition coefficient (Wildman–Crippen LogP) is 5.52. The molecule has 0 fully saturated rings. The minimum atomic E-state index is -0.168. The number of carbonyl (C=O) groups is 1. The molecule has 0 radical (unpaired) electrons. The van der Waals surface area contributed by atoms with Crippen molar-refractivity contribution in [1.82, 2.24) is 9.78 Å². The Kier molecular flexibility index (Phi) is 5.66. The molecule has 0 atom stereocenters. The van der Waals surface area contributed by atoms with Crippen LogP contribution in [0.25, 0.3) is 5.69 Å². The van der Waals surface area contributed by atoms with Crippen molar-refractivity contribution in [3.05, 3.63) is 75.6 Å². The maximum atomic E-state index is 13.0. The fourth-order valence-corrected chi connectivity index (χ4v) is 3.59. The zero-order valence-corrected chi connectivity index (χ0v) is 16.9. The smallest absolute Gasteiger partial charge is 0.259 e. The summed E-state index contributed by atoms with van der Waals surface area (Å²) in [5.74, 6) is -0.168. The highest BCUT2D eigenvalue weighted by molar-refractivity contribution is 6.32. The number of nitrogens with one attached hydrogen (secondary N) is 1. The summed E-state index contributed by atoms with van der Waals surface area (Å²) in [7, 11) is 0. The Labute approximate surface area is 165 Å². The van der Waals surface area contributed by atoms with Crippen molar-refractivity contribution in [2.75, 3.05) is 5.32 Å². The number of benzene rings is 2. The maximum Gasteiger partial charge on any atom is 0.259 e. The van der Waals surface area contributed by atoms with Crippen LogP contribution >= 0.6 is 11.6 Å². The van der Waals surface area contributed by atoms with E-state index in [0.717, 1.165) is 46.6 Å². The standard InChI is InChI=1S/C22H24ClN3O/c1-5-16-10-11-20(23)18(6-2)21(16)25-22(27)19-13-24-26(15(19)4)17-9-7-8-14(3)12-17/h7-13H,5-6H2,1-4H3,(H,25,27). The van der Waals surface area contributed by atoms with Crippen LogP contribution in [-0.2, 0) is 12.8 Å². The van der Waals surface area contributed by atoms with Gasteiger partial charge in [0, 0.05) is 10.7 Å². The van der Waals surface area contributed by atoms with Gasteiger partial charge in [-0.15, -0.1) is 0 Å². The van der Waals surface area contributed by atoms with Gasteiger partial charge in [0.25, 0.3) is 5.91 Å². The molecule has 1 amide bonds. The number of rotatable bonds is 5. The lowest BCUT2D eigenvalue weighted by Crippen LogP contribution is -2.16. The normalized spacial score (nSPS) is 10.9. The van der Waals surface area contributed by atoms with Crippen molar-refractivity contribution in [3.63, 3.8) is 0 Å². The lowest BCUT2D eigenvalue weighted by atomic mass is 10.0. The van der Waals surface area contributed by atoms with Crippen LogP contribution in [0.3, 0.4) is 0 Å². The molecule has 3 aromatic rings. The number of carbonyl (C=O) groups excluding carboxylic acids is 1. The average molecular weight is 382 g/mol. The summed E-state index contributed by atoms with van der Waals surface area (Å²) in [6.07, 6.45) is 3.19. The van der Waals surface area contributed by atoms with Crippen LogP contribution in [0.4, 0.5) is 5.69 Å². The average Bonchev–Trinajstić information content (AvgIpc) is 3.03. The van der Waals surface area contributed by atoms with Gasteiger partial charge in [0.1, 0.15) is 0 Å². The quantitative estimate of drug-likeness (QED) is 0.632. The van der Waals surface area contributed by atoms with Gasteiger partial charge < -0.3 is 5.32 Å². The fourth-order valence-electron chi connectivity index (χ4n) is 3.30. The molecular formula is C22H24ClN3O. The molecule has 140 valence electrons. The van der Waals surface area contributed by atoms with E-state index in [4.69, 9.17) is 11.6 Å². The number of hydrogen-bond acceptors (Lipinski definition) is 2. The van der Waals surface area contributed by atoms with Crippen LogP contribution in [0.2, 0.25) is 5.02 Å². The second kappa shape index (κ2) is 7.97. The van der Waals surface area contributed by atoms with Gasteiger partial charge in [-0.1, -0.05) is 43.6 Å². The van der Waals surface area contributed by atoms with Crippen molar-refractivity contribution in [3.8, 4) is 5.69 Å². The van der Waals surface area contributed by atoms with E-state index in [9.17, 15) is 4.79 Å². The Morgan fingerprint density at radius 1 is 1.15 bits per heavy atom. The second-order valence-electron chi connectivity index (χ2n) is 6.62. The largest absolute Gasteiger partial charge is 0.321 e. The molecule has 1 heterocycles. The number of hydrogen-bond donors (Lipinski definition) is 1. The van der Waals surface area contributed by atoms with E-state index in [2.05, 4.69) is 17.3 Å². The lowest BCUT2D eigenvalue weighted by Gasteiger charge is -2.16. The number of aromatic nitrogens is 2. The first-order valence-electron chi connectivity index (χ1n) is 9.19. The van der Waals surface area contributed by atoms with E-state index in [0.29, 0.717) is 10.6 Å². The molecule has 27 heavy (non-hydrogen) atoms. The molecule has 0 aliphatic rings. The van der Waals surface area contributed by atoms with Crippen molar-refractivity contribution in [2.45, 2.75) is 40.5 Å². The van der Waals surface area contributed by atoms with Crippen molar-refractivity contribution >= 4 is 23.2 Å². The highest BCUT2D eigenvalue weighted by Gasteiger charge is 2.18. The third-order valence-electron chi connectivity index (χ3n) is 4.82. The van der Waals surface area contributed by atoms with E-state index >= 15 is 0 Å². The minimum absolute atomic E-state index is 0.168. The molecule has 0 aliphatic carbocycles. The first kappa shape index (κ1) is 19.2. The molecule has 0 aliphatic heterocycles. The molecule has 1 N–H and O–H groups in total. The molecule has 3 rings (SSSR count). The summed E-state index contributed by atoms with van der Waals surface area (Å²) in [6.45, 7) is 8.05. The van der Waals surface area contributed by atoms with Crippen LogP contribution in [0, 0.1) is 13.8 Å². The fraction of sp³-hybridized carbons (Fsp3) is 0.273. The first-order valence-corrected chi connectivity index (χ1v) is 9.57. The van der Waals surface area contributed by atoms with Crippen LogP contribution < -0.4 is 5.32 Å². The molecule has 0 bridgehead atoms. The Hall–Kier alpha value is -2.59. The molecule has 5 heteroatoms. The summed E-state index contributed by atoms with van der Waals surface area (Å²) in [5.41, 5.74) is 6.31. The Bertz CT molecular complexity index is 991. The Morgan fingerprint density at radius 3 is 2.59 bits per heavy atom. The Balaban J connectivity index is 1.96. The summed E-state index contributed by atoms with van der Waals surface area (Å²) in [6, 6.07) is 11.9. The van der Waals surface area contributed by atoms with E-state index in [1.54, 1.807) is 10.9 Å². The third kappa shape index (κ3) is 3.76. The lowest BCUT2D eigenvalue weighted by molar-refractivity contribution is 0.102. The van der Waals surface area contributed by atoms with Crippen LogP contribution in [-0.4, -0.2) is 15.7 Å². The summed E-state index contributed by atoms with van der Waals surface area (Å²) in [5, 5.41) is 8.18. The molecule has 0 unspecified atom stereocenters. The maximum absolute atomic E-state index is 13.0. The van der Waals surface area contributed by atoms with Gasteiger partial charge in [-0.2, -0.15) is 5.10 Å². The zero-order chi connectivity index (χ0) is 19.6. The zero-order valence-electron chi connectivity index (χ0n) is 16.1. The van der Waals surface area contributed by atoms with E-state index in [1.807, 2.05) is 57.2 Å². The van der Waals surface area contributed by atoms with Gasteiger partial charge in [-0.25, -0.2) is 4.68 Å². The first-order chi connectivity index (χ1) is 13.0. The molecule has 4 nitrogen and oxygen atoms in total. The van der Waals surface area contributed by atoms with Crippen LogP contribution in [0.1, 0.15) is 46.6 Å². The molecule has 2 aromatic carbocycles. The van der Waals surface area contributed by atoms with Gasteiger partial charge in [0.15, 0.2) is 0 Å². The topological polar surface area (TPSA) is 46.9 Å². The van der Waals surface area contributed by atoms with E-state index in [1.165, 1.54) is 0 Å². The van der Waals surface area contributed by atoms with E-state index < -0.39 is 0 Å². The van der Waals surface area contributed by atoms with Crippen LogP contribution in [0.5, 0.6) is 0 Å². The van der Waals surface area contributed by atoms with Crippen molar-refractivity contribution < 1.29 is 4.79 Å². The van der Waals surface area contributed by atoms with Gasteiger partial charge in [-0.05, 0) is 61.6 Å². The minimum Gasteiger partial charge on any atom is -0.321 e. The van der Waals surface area contributed by atoms with Gasteiger partial charge in [0.05, 0.1) is 23.1 Å². The van der Waals surface area contributed by atoms with Crippen molar-refractivity contribution in [1.29, 1.82) is 0 Å². The number of amides is 1. The van der Waals surface area contributed by atoms with Gasteiger partial charge >= 0.3 is 0 Å². The number of halogens is 1. The molecule has 0 spiro atoms. The summed E-state index contributed by atoms with van der Waals surface area (Å²) in [4.78, 5) is 13.0. The van der Waals surface area contributed by atoms with E-state index in [-0.39, 0.29) is 5.91 Å². The second-order valence-corrected chi connectivity index (χ2v) is 7.02. The number of aryl methyl sites for hydroxylation is 2. The Morgan fingerprint density at radius 2 is 1.93 bits per heavy atom. The molecular weight excluding hydrogens is 358 g/mol. The third-order valence-corrected chi connectivity index (χ3v) is 5.17. The monoisotopic (exact) mass is 381 g/mol. The summed E-state index contributed by atoms with van der Waals surface area (Å²) < 4.78 is 1.79. The van der Waals surface area contributed by atoms with Gasteiger partial charge in [0.2, 0.25) is 0 Å². The molecule has 1 aromatic heterocycles. The highest BCUT2D eigenvalue weighted by atomic mass is 35.5. The number of nitrogens with zero attached hydrogens (tertiary/aromatic N) is 2. The molecule has 0 saturated heterocycles.